The van der Waals surface area contributed by atoms with E-state index < -0.39 is 84.4 Å². The van der Waals surface area contributed by atoms with Crippen LogP contribution >= 0.6 is 0 Å². The number of aliphatic hydroxyl groups is 1. The van der Waals surface area contributed by atoms with Gasteiger partial charge in [0.15, 0.2) is 0 Å². The van der Waals surface area contributed by atoms with E-state index in [2.05, 4.69) is 0 Å². The number of halogens is 16. The van der Waals surface area contributed by atoms with Crippen molar-refractivity contribution in [3.63, 3.8) is 0 Å². The number of carbonyl (C=O) groups is 1. The number of rotatable bonds is 10. The highest BCUT2D eigenvalue weighted by Crippen LogP contribution is 2.63. The molecule has 0 amide bonds. The molecule has 0 aliphatic carbocycles. The van der Waals surface area contributed by atoms with E-state index in [-0.39, 0.29) is 0 Å². The Morgan fingerprint density at radius 2 is 1.03 bits per heavy atom. The number of carboxylic acids is 1. The van der Waals surface area contributed by atoms with Crippen LogP contribution in [0.1, 0.15) is 20.3 Å². The van der Waals surface area contributed by atoms with Crippen molar-refractivity contribution in [1.82, 2.24) is 0 Å². The van der Waals surface area contributed by atoms with Gasteiger partial charge in [0.1, 0.15) is 0 Å². The zero-order valence-electron chi connectivity index (χ0n) is 16.2. The van der Waals surface area contributed by atoms with Crippen molar-refractivity contribution in [2.24, 2.45) is 0 Å². The summed E-state index contributed by atoms with van der Waals surface area (Å²) in [5.41, 5.74) is -9.03. The monoisotopic (exact) mass is 544 g/mol. The van der Waals surface area contributed by atoms with E-state index in [0.29, 0.717) is 0 Å². The maximum absolute atomic E-state index is 13.7. The molecule has 3 nitrogen and oxygen atoms in total. The Labute approximate surface area is 178 Å². The Balaban J connectivity index is 6.97. The number of hydrogen-bond donors (Lipinski definition) is 2. The minimum atomic E-state index is -8.52. The summed E-state index contributed by atoms with van der Waals surface area (Å²) in [6, 6.07) is 0. The first-order chi connectivity index (χ1) is 14.5. The largest absolute Gasteiger partial charge is 0.478 e. The zero-order valence-corrected chi connectivity index (χ0v) is 16.2. The molecule has 2 atom stereocenters. The van der Waals surface area contributed by atoms with Crippen molar-refractivity contribution >= 4 is 5.97 Å². The summed E-state index contributed by atoms with van der Waals surface area (Å²) >= 11 is 0. The van der Waals surface area contributed by atoms with Gasteiger partial charge in [-0.05, 0) is 13.3 Å². The average Bonchev–Trinajstić information content (AvgIpc) is 2.63. The topological polar surface area (TPSA) is 57.5 Å². The Morgan fingerprint density at radius 3 is 1.32 bits per heavy atom. The summed E-state index contributed by atoms with van der Waals surface area (Å²) in [4.78, 5) is 10.7. The van der Waals surface area contributed by atoms with E-state index >= 15 is 0 Å². The first kappa shape index (κ1) is 32.0. The molecule has 0 aromatic carbocycles. The normalized spacial score (nSPS) is 18.5. The van der Waals surface area contributed by atoms with E-state index in [1.807, 2.05) is 0 Å². The smallest absolute Gasteiger partial charge is 0.428 e. The minimum absolute atomic E-state index is 0.803. The van der Waals surface area contributed by atoms with Crippen LogP contribution in [-0.2, 0) is 4.79 Å². The summed E-state index contributed by atoms with van der Waals surface area (Å²) in [6.45, 7) is -0.729. The molecule has 2 unspecified atom stereocenters. The number of carboxylic acid groups (broad SMARTS) is 1. The van der Waals surface area contributed by atoms with Crippen molar-refractivity contribution in [2.45, 2.75) is 73.8 Å². The third-order valence-corrected chi connectivity index (χ3v) is 4.45. The lowest BCUT2D eigenvalue weighted by Gasteiger charge is -2.43. The van der Waals surface area contributed by atoms with Crippen molar-refractivity contribution in [3.05, 3.63) is 11.6 Å². The van der Waals surface area contributed by atoms with Crippen LogP contribution in [0.25, 0.3) is 0 Å². The molecule has 0 radical (unpaired) electrons. The third-order valence-electron chi connectivity index (χ3n) is 4.45. The van der Waals surface area contributed by atoms with Gasteiger partial charge < -0.3 is 10.2 Å². The van der Waals surface area contributed by atoms with Crippen LogP contribution in [0.4, 0.5) is 70.2 Å². The Hall–Kier alpha value is -1.95. The predicted octanol–water partition coefficient (Wildman–Crippen LogP) is 5.87. The Bertz CT molecular complexity index is 796. The molecule has 0 aromatic heterocycles. The third kappa shape index (κ3) is 4.38. The lowest BCUT2D eigenvalue weighted by atomic mass is 9.84. The van der Waals surface area contributed by atoms with Crippen LogP contribution in [-0.4, -0.2) is 69.7 Å². The molecule has 2 N–H and O–H groups in total. The van der Waals surface area contributed by atoms with E-state index in [9.17, 15) is 75.0 Å². The molecule has 0 saturated carbocycles. The fourth-order valence-corrected chi connectivity index (χ4v) is 2.08. The molecular formula is C15H12F16O3. The Morgan fingerprint density at radius 1 is 0.706 bits per heavy atom. The number of aliphatic hydroxyl groups excluding tert-OH is 1. The standard InChI is InChI=1S/C15H12F16O3/c1-3-6(32)5(7(33)34)4-9(17,18)11(21,22)13(25,26)14(27,28)12(23,24)10(19,20)8(2,16)15(29,30)31/h4,6,32H,3H2,1-2H3,(H,33,34). The van der Waals surface area contributed by atoms with Crippen LogP contribution in [0.15, 0.2) is 11.6 Å². The Kier molecular flexibility index (Phi) is 8.12. The van der Waals surface area contributed by atoms with E-state index in [1.165, 1.54) is 0 Å². The van der Waals surface area contributed by atoms with Gasteiger partial charge in [0.2, 0.25) is 0 Å². The lowest BCUT2D eigenvalue weighted by Crippen LogP contribution is -2.74. The van der Waals surface area contributed by atoms with Gasteiger partial charge in [-0.3, -0.25) is 0 Å². The molecule has 0 heterocycles. The van der Waals surface area contributed by atoms with E-state index in [1.54, 1.807) is 0 Å². The average molecular weight is 544 g/mol. The molecule has 0 aliphatic heterocycles. The minimum Gasteiger partial charge on any atom is -0.478 e. The number of allylic oxidation sites excluding steroid dienone is 1. The summed E-state index contributed by atoms with van der Waals surface area (Å²) in [6.07, 6.45) is -12.5. The van der Waals surface area contributed by atoms with Crippen LogP contribution in [0.2, 0.25) is 0 Å². The molecule has 202 valence electrons. The first-order valence-electron chi connectivity index (χ1n) is 8.19. The molecular weight excluding hydrogens is 532 g/mol. The zero-order chi connectivity index (χ0) is 28.1. The quantitative estimate of drug-likeness (QED) is 0.267. The van der Waals surface area contributed by atoms with Gasteiger partial charge in [0, 0.05) is 6.08 Å². The van der Waals surface area contributed by atoms with Crippen molar-refractivity contribution in [1.29, 1.82) is 0 Å². The highest BCUT2D eigenvalue weighted by Gasteiger charge is 2.93. The van der Waals surface area contributed by atoms with Crippen LogP contribution in [0, 0.1) is 0 Å². The van der Waals surface area contributed by atoms with Crippen LogP contribution in [0.3, 0.4) is 0 Å². The van der Waals surface area contributed by atoms with Gasteiger partial charge in [-0.25, -0.2) is 9.18 Å². The molecule has 0 spiro atoms. The van der Waals surface area contributed by atoms with Crippen molar-refractivity contribution in [3.8, 4) is 0 Å². The maximum atomic E-state index is 13.7. The van der Waals surface area contributed by atoms with Crippen LogP contribution in [0.5, 0.6) is 0 Å². The summed E-state index contributed by atoms with van der Waals surface area (Å²) in [7, 11) is 0. The molecule has 0 aromatic rings. The van der Waals surface area contributed by atoms with Gasteiger partial charge in [-0.1, -0.05) is 6.92 Å². The van der Waals surface area contributed by atoms with Crippen molar-refractivity contribution < 1.29 is 85.3 Å². The fourth-order valence-electron chi connectivity index (χ4n) is 2.08. The molecule has 0 saturated heterocycles. The lowest BCUT2D eigenvalue weighted by molar-refractivity contribution is -0.442. The summed E-state index contributed by atoms with van der Waals surface area (Å²) in [5.74, 6) is -50.8. The van der Waals surface area contributed by atoms with E-state index in [0.717, 1.165) is 6.92 Å². The molecule has 0 fully saturated rings. The van der Waals surface area contributed by atoms with Gasteiger partial charge in [-0.15, -0.1) is 0 Å². The van der Waals surface area contributed by atoms with Gasteiger partial charge in [0.25, 0.3) is 5.67 Å². The molecule has 19 heteroatoms. The predicted molar refractivity (Wildman–Crippen MR) is 77.3 cm³/mol. The summed E-state index contributed by atoms with van der Waals surface area (Å²) in [5, 5.41) is 17.7. The highest BCUT2D eigenvalue weighted by atomic mass is 19.4. The molecule has 0 rings (SSSR count). The van der Waals surface area contributed by atoms with Gasteiger partial charge in [-0.2, -0.15) is 65.9 Å². The number of aliphatic carboxylic acids is 1. The molecule has 0 aliphatic rings. The van der Waals surface area contributed by atoms with Crippen LogP contribution < -0.4 is 0 Å². The second-order valence-corrected chi connectivity index (χ2v) is 6.82. The highest BCUT2D eigenvalue weighted by molar-refractivity contribution is 5.87. The number of alkyl halides is 16. The fraction of sp³-hybridized carbons (Fsp3) is 0.800. The van der Waals surface area contributed by atoms with Gasteiger partial charge in [0.05, 0.1) is 11.7 Å². The second kappa shape index (κ2) is 8.61. The van der Waals surface area contributed by atoms with Gasteiger partial charge >= 0.3 is 47.7 Å². The SMILES string of the molecule is CCC(O)C(=CC(F)(F)C(F)(F)C(F)(F)C(F)(F)C(F)(F)C(F)(F)C(C)(F)C(F)(F)F)C(=O)O. The summed E-state index contributed by atoms with van der Waals surface area (Å²) < 4.78 is 214. The maximum Gasteiger partial charge on any atom is 0.428 e. The second-order valence-electron chi connectivity index (χ2n) is 6.82. The molecule has 0 bridgehead atoms. The van der Waals surface area contributed by atoms with Crippen molar-refractivity contribution in [2.75, 3.05) is 0 Å². The first-order valence-corrected chi connectivity index (χ1v) is 8.19. The molecule has 34 heavy (non-hydrogen) atoms. The van der Waals surface area contributed by atoms with E-state index in [4.69, 9.17) is 10.2 Å². The number of hydrogen-bond acceptors (Lipinski definition) is 2.